The molecule has 3 aromatic rings. The summed E-state index contributed by atoms with van der Waals surface area (Å²) in [5.41, 5.74) is 6.09. The molecule has 1 aliphatic rings. The zero-order chi connectivity index (χ0) is 16.5. The van der Waals surface area contributed by atoms with Crippen molar-refractivity contribution in [3.05, 3.63) is 41.4 Å². The summed E-state index contributed by atoms with van der Waals surface area (Å²) < 4.78 is 5.26. The number of carbonyl (C=O) groups excluding carboxylic acids is 1. The molecule has 4 rings (SSSR count). The number of rotatable bonds is 3. The van der Waals surface area contributed by atoms with Crippen LogP contribution in [0, 0.1) is 0 Å². The molecule has 0 bridgehead atoms. The van der Waals surface area contributed by atoms with Gasteiger partial charge in [-0.3, -0.25) is 4.79 Å². The zero-order valence-electron chi connectivity index (χ0n) is 13.8. The summed E-state index contributed by atoms with van der Waals surface area (Å²) in [4.78, 5) is 26.3. The molecule has 1 fully saturated rings. The van der Waals surface area contributed by atoms with Gasteiger partial charge in [-0.1, -0.05) is 0 Å². The van der Waals surface area contributed by atoms with Crippen LogP contribution < -0.4 is 10.6 Å². The van der Waals surface area contributed by atoms with E-state index in [0.717, 1.165) is 29.1 Å². The maximum atomic E-state index is 12.5. The highest BCUT2D eigenvalue weighted by atomic mass is 35.5. The first-order valence-corrected chi connectivity index (χ1v) is 8.64. The highest BCUT2D eigenvalue weighted by Crippen LogP contribution is 2.27. The van der Waals surface area contributed by atoms with Crippen LogP contribution in [0.4, 0.5) is 5.82 Å². The van der Waals surface area contributed by atoms with Gasteiger partial charge in [-0.05, 0) is 17.5 Å². The second-order valence-electron chi connectivity index (χ2n) is 5.62. The smallest absolute Gasteiger partial charge is 0.257 e. The minimum atomic E-state index is -0.0125. The molecule has 3 aromatic heterocycles. The van der Waals surface area contributed by atoms with Gasteiger partial charge in [0.1, 0.15) is 29.0 Å². The number of aromatic nitrogens is 2. The Morgan fingerprint density at radius 3 is 2.69 bits per heavy atom. The first-order chi connectivity index (χ1) is 11.8. The van der Waals surface area contributed by atoms with E-state index in [9.17, 15) is 4.79 Å². The molecule has 2 N–H and O–H groups in total. The van der Waals surface area contributed by atoms with Gasteiger partial charge < -0.3 is 20.0 Å². The first-order valence-electron chi connectivity index (χ1n) is 7.76. The lowest BCUT2D eigenvalue weighted by atomic mass is 10.2. The Morgan fingerprint density at radius 1 is 1.23 bits per heavy atom. The molecule has 26 heavy (non-hydrogen) atoms. The number of piperazine rings is 1. The topological polar surface area (TPSA) is 88.5 Å². The van der Waals surface area contributed by atoms with Crippen LogP contribution in [-0.2, 0) is 6.54 Å². The first kappa shape index (κ1) is 20.4. The van der Waals surface area contributed by atoms with Gasteiger partial charge in [0.2, 0.25) is 0 Å². The molecule has 0 radical (unpaired) electrons. The zero-order valence-corrected chi connectivity index (χ0v) is 16.3. The number of nitrogens with two attached hydrogens (primary N) is 1. The lowest BCUT2D eigenvalue weighted by molar-refractivity contribution is 0.0746. The molecule has 1 aliphatic heterocycles. The summed E-state index contributed by atoms with van der Waals surface area (Å²) in [6, 6.07) is 3.76. The third kappa shape index (κ3) is 3.78. The van der Waals surface area contributed by atoms with Crippen LogP contribution in [0.15, 0.2) is 34.5 Å². The number of anilines is 1. The van der Waals surface area contributed by atoms with Gasteiger partial charge in [0.25, 0.3) is 5.91 Å². The van der Waals surface area contributed by atoms with Crippen LogP contribution in [-0.4, -0.2) is 47.0 Å². The molecule has 0 unspecified atom stereocenters. The number of nitrogens with zero attached hydrogens (tertiary/aromatic N) is 4. The summed E-state index contributed by atoms with van der Waals surface area (Å²) in [6.07, 6.45) is 3.09. The van der Waals surface area contributed by atoms with Crippen LogP contribution in [0.2, 0.25) is 0 Å². The fourth-order valence-corrected chi connectivity index (χ4v) is 3.66. The Labute approximate surface area is 167 Å². The van der Waals surface area contributed by atoms with Gasteiger partial charge in [-0.2, -0.15) is 0 Å². The molecular weight excluding hydrogens is 397 g/mol. The Morgan fingerprint density at radius 2 is 2.00 bits per heavy atom. The van der Waals surface area contributed by atoms with Crippen molar-refractivity contribution in [2.24, 2.45) is 5.73 Å². The molecule has 0 spiro atoms. The average molecular weight is 416 g/mol. The molecular formula is C16H19Cl2N5O2S. The van der Waals surface area contributed by atoms with E-state index in [1.807, 2.05) is 16.3 Å². The molecule has 1 saturated heterocycles. The fraction of sp³-hybridized carbons (Fsp3) is 0.312. The number of hydrogen-bond donors (Lipinski definition) is 1. The summed E-state index contributed by atoms with van der Waals surface area (Å²) in [6.45, 7) is 3.09. The van der Waals surface area contributed by atoms with Crippen molar-refractivity contribution in [2.75, 3.05) is 31.1 Å². The van der Waals surface area contributed by atoms with E-state index in [0.29, 0.717) is 31.0 Å². The molecule has 140 valence electrons. The van der Waals surface area contributed by atoms with Crippen molar-refractivity contribution in [3.63, 3.8) is 0 Å². The minimum Gasteiger partial charge on any atom is -0.467 e. The number of furan rings is 1. The van der Waals surface area contributed by atoms with Crippen molar-refractivity contribution in [2.45, 2.75) is 6.54 Å². The summed E-state index contributed by atoms with van der Waals surface area (Å²) >= 11 is 1.61. The van der Waals surface area contributed by atoms with Crippen molar-refractivity contribution >= 4 is 58.1 Å². The van der Waals surface area contributed by atoms with E-state index in [1.54, 1.807) is 23.7 Å². The Kier molecular flexibility index (Phi) is 6.82. The summed E-state index contributed by atoms with van der Waals surface area (Å²) in [5.74, 6) is 1.56. The van der Waals surface area contributed by atoms with E-state index >= 15 is 0 Å². The number of halogens is 2. The van der Waals surface area contributed by atoms with E-state index in [4.69, 9.17) is 10.2 Å². The fourth-order valence-electron chi connectivity index (χ4n) is 2.93. The predicted octanol–water partition coefficient (Wildman–Crippen LogP) is 2.55. The second kappa shape index (κ2) is 8.68. The average Bonchev–Trinajstić information content (AvgIpc) is 3.30. The molecule has 4 heterocycles. The van der Waals surface area contributed by atoms with Crippen molar-refractivity contribution in [1.82, 2.24) is 14.9 Å². The monoisotopic (exact) mass is 415 g/mol. The Hall–Kier alpha value is -1.87. The number of fused-ring (bicyclic) bond motifs is 1. The van der Waals surface area contributed by atoms with Crippen LogP contribution >= 0.6 is 36.2 Å². The quantitative estimate of drug-likeness (QED) is 0.706. The van der Waals surface area contributed by atoms with Crippen LogP contribution in [0.1, 0.15) is 16.1 Å². The van der Waals surface area contributed by atoms with Gasteiger partial charge in [0, 0.05) is 26.2 Å². The summed E-state index contributed by atoms with van der Waals surface area (Å²) in [5, 5.41) is 3.10. The maximum Gasteiger partial charge on any atom is 0.257 e. The van der Waals surface area contributed by atoms with Crippen molar-refractivity contribution in [1.29, 1.82) is 0 Å². The Bertz CT molecular complexity index is 876. The van der Waals surface area contributed by atoms with E-state index < -0.39 is 0 Å². The Balaban J connectivity index is 0.00000121. The highest BCUT2D eigenvalue weighted by Gasteiger charge is 2.25. The number of carbonyl (C=O) groups is 1. The molecule has 10 heteroatoms. The highest BCUT2D eigenvalue weighted by molar-refractivity contribution is 7.16. The number of hydrogen-bond acceptors (Lipinski definition) is 7. The van der Waals surface area contributed by atoms with Gasteiger partial charge in [0.05, 0.1) is 17.5 Å². The summed E-state index contributed by atoms with van der Waals surface area (Å²) in [7, 11) is 0. The van der Waals surface area contributed by atoms with Gasteiger partial charge in [0.15, 0.2) is 0 Å². The molecule has 1 amide bonds. The molecule has 0 atom stereocenters. The predicted molar refractivity (Wildman–Crippen MR) is 107 cm³/mol. The molecule has 0 aliphatic carbocycles. The van der Waals surface area contributed by atoms with Gasteiger partial charge >= 0.3 is 0 Å². The molecule has 7 nitrogen and oxygen atoms in total. The normalized spacial score (nSPS) is 14.0. The lowest BCUT2D eigenvalue weighted by Crippen LogP contribution is -2.49. The third-order valence-corrected chi connectivity index (χ3v) is 5.03. The van der Waals surface area contributed by atoms with E-state index in [-0.39, 0.29) is 30.7 Å². The van der Waals surface area contributed by atoms with Gasteiger partial charge in [-0.15, -0.1) is 36.2 Å². The molecule has 0 aromatic carbocycles. The number of amides is 1. The maximum absolute atomic E-state index is 12.5. The minimum absolute atomic E-state index is 0. The van der Waals surface area contributed by atoms with Gasteiger partial charge in [-0.25, -0.2) is 9.97 Å². The van der Waals surface area contributed by atoms with Crippen LogP contribution in [0.5, 0.6) is 0 Å². The van der Waals surface area contributed by atoms with Crippen LogP contribution in [0.25, 0.3) is 10.2 Å². The van der Waals surface area contributed by atoms with Crippen molar-refractivity contribution in [3.8, 4) is 0 Å². The third-order valence-electron chi connectivity index (χ3n) is 4.21. The lowest BCUT2D eigenvalue weighted by Gasteiger charge is -2.35. The van der Waals surface area contributed by atoms with Crippen molar-refractivity contribution < 1.29 is 9.21 Å². The largest absolute Gasteiger partial charge is 0.467 e. The standard InChI is InChI=1S/C16H17N5O2S.2ClH/c17-8-12-7-11(9-23-12)16(22)21-4-2-20(3-5-21)14-13-1-6-24-15(13)19-10-18-14;;/h1,6-7,9-10H,2-5,8,17H2;2*1H. The molecule has 0 saturated carbocycles. The van der Waals surface area contributed by atoms with Crippen LogP contribution in [0.3, 0.4) is 0 Å². The van der Waals surface area contributed by atoms with E-state index in [2.05, 4.69) is 14.9 Å². The SMILES string of the molecule is Cl.Cl.NCc1cc(C(=O)N2CCN(c3ncnc4sccc34)CC2)co1. The number of thiophene rings is 1. The van der Waals surface area contributed by atoms with E-state index in [1.165, 1.54) is 6.26 Å². The second-order valence-corrected chi connectivity index (χ2v) is 6.52.